The molecule has 0 saturated heterocycles. The summed E-state index contributed by atoms with van der Waals surface area (Å²) in [6.45, 7) is 0. The van der Waals surface area contributed by atoms with E-state index in [0.717, 1.165) is 4.47 Å². The molecule has 100 valence electrons. The summed E-state index contributed by atoms with van der Waals surface area (Å²) >= 11 is 9.27. The molecule has 1 unspecified atom stereocenters. The van der Waals surface area contributed by atoms with Crippen LogP contribution in [0.15, 0.2) is 46.9 Å². The van der Waals surface area contributed by atoms with Gasteiger partial charge in [0.1, 0.15) is 11.7 Å². The maximum absolute atomic E-state index is 12.9. The highest BCUT2D eigenvalue weighted by molar-refractivity contribution is 9.10. The lowest BCUT2D eigenvalue weighted by Crippen LogP contribution is -2.11. The SMILES string of the molecule is N#CC(C(=O)c1ccc(Br)cc1Cl)c1ccc(F)cc1. The van der Waals surface area contributed by atoms with Gasteiger partial charge in [0.05, 0.1) is 11.1 Å². The quantitative estimate of drug-likeness (QED) is 0.749. The first-order valence-electron chi connectivity index (χ1n) is 5.67. The molecule has 5 heteroatoms. The van der Waals surface area contributed by atoms with Crippen molar-refractivity contribution >= 4 is 33.3 Å². The van der Waals surface area contributed by atoms with Gasteiger partial charge in [0, 0.05) is 10.0 Å². The van der Waals surface area contributed by atoms with Gasteiger partial charge < -0.3 is 0 Å². The van der Waals surface area contributed by atoms with E-state index in [1.54, 1.807) is 18.2 Å². The van der Waals surface area contributed by atoms with Gasteiger partial charge in [-0.05, 0) is 35.9 Å². The summed E-state index contributed by atoms with van der Waals surface area (Å²) in [6.07, 6.45) is 0. The molecule has 0 radical (unpaired) electrons. The van der Waals surface area contributed by atoms with Crippen molar-refractivity contribution in [1.29, 1.82) is 5.26 Å². The Hall–Kier alpha value is -1.70. The molecular weight excluding hydrogens is 345 g/mol. The van der Waals surface area contributed by atoms with Gasteiger partial charge in [-0.15, -0.1) is 0 Å². The highest BCUT2D eigenvalue weighted by atomic mass is 79.9. The number of halogens is 3. The van der Waals surface area contributed by atoms with Crippen LogP contribution in [0, 0.1) is 17.1 Å². The van der Waals surface area contributed by atoms with E-state index in [-0.39, 0.29) is 10.6 Å². The maximum atomic E-state index is 12.9. The van der Waals surface area contributed by atoms with Crippen molar-refractivity contribution in [1.82, 2.24) is 0 Å². The Balaban J connectivity index is 2.39. The van der Waals surface area contributed by atoms with Gasteiger partial charge in [-0.25, -0.2) is 4.39 Å². The fourth-order valence-electron chi connectivity index (χ4n) is 1.78. The van der Waals surface area contributed by atoms with Crippen molar-refractivity contribution in [2.75, 3.05) is 0 Å². The number of benzene rings is 2. The molecule has 0 N–H and O–H groups in total. The van der Waals surface area contributed by atoms with Crippen LogP contribution in [0.3, 0.4) is 0 Å². The number of carbonyl (C=O) groups is 1. The molecule has 1 atom stereocenters. The lowest BCUT2D eigenvalue weighted by atomic mass is 9.92. The van der Waals surface area contributed by atoms with Crippen LogP contribution in [0.5, 0.6) is 0 Å². The highest BCUT2D eigenvalue weighted by Crippen LogP contribution is 2.27. The fraction of sp³-hybridized carbons (Fsp3) is 0.0667. The van der Waals surface area contributed by atoms with Crippen LogP contribution in [0.4, 0.5) is 4.39 Å². The number of carbonyl (C=O) groups excluding carboxylic acids is 1. The Morgan fingerprint density at radius 2 is 1.90 bits per heavy atom. The summed E-state index contributed by atoms with van der Waals surface area (Å²) < 4.78 is 13.6. The molecule has 2 aromatic carbocycles. The predicted octanol–water partition coefficient (Wildman–Crippen LogP) is 4.73. The number of ketones is 1. The fourth-order valence-corrected chi connectivity index (χ4v) is 2.55. The van der Waals surface area contributed by atoms with Gasteiger partial charge in [-0.1, -0.05) is 39.7 Å². The standard InChI is InChI=1S/C15H8BrClFNO/c16-10-3-6-12(14(17)7-10)15(20)13(8-19)9-1-4-11(18)5-2-9/h1-7,13H. The van der Waals surface area contributed by atoms with E-state index < -0.39 is 17.5 Å². The molecule has 0 heterocycles. The van der Waals surface area contributed by atoms with Gasteiger partial charge in [0.25, 0.3) is 0 Å². The van der Waals surface area contributed by atoms with E-state index in [2.05, 4.69) is 15.9 Å². The number of hydrogen-bond acceptors (Lipinski definition) is 2. The minimum absolute atomic E-state index is 0.269. The van der Waals surface area contributed by atoms with E-state index in [1.807, 2.05) is 6.07 Å². The van der Waals surface area contributed by atoms with Gasteiger partial charge in [0.2, 0.25) is 0 Å². The third-order valence-corrected chi connectivity index (χ3v) is 3.60. The molecule has 0 amide bonds. The van der Waals surface area contributed by atoms with Crippen LogP contribution in [0.2, 0.25) is 5.02 Å². The smallest absolute Gasteiger partial charge is 0.185 e. The van der Waals surface area contributed by atoms with Crippen LogP contribution in [-0.4, -0.2) is 5.78 Å². The molecule has 0 aromatic heterocycles. The van der Waals surface area contributed by atoms with Crippen LogP contribution < -0.4 is 0 Å². The summed E-state index contributed by atoms with van der Waals surface area (Å²) in [5.74, 6) is -1.83. The molecular formula is C15H8BrClFNO. The Morgan fingerprint density at radius 3 is 2.45 bits per heavy atom. The summed E-state index contributed by atoms with van der Waals surface area (Å²) in [5, 5.41) is 9.48. The van der Waals surface area contributed by atoms with Crippen molar-refractivity contribution in [3.05, 3.63) is 68.9 Å². The topological polar surface area (TPSA) is 40.9 Å². The largest absolute Gasteiger partial charge is 0.292 e. The highest BCUT2D eigenvalue weighted by Gasteiger charge is 2.23. The second kappa shape index (κ2) is 6.17. The average molecular weight is 353 g/mol. The molecule has 2 rings (SSSR count). The zero-order chi connectivity index (χ0) is 14.7. The van der Waals surface area contributed by atoms with E-state index in [4.69, 9.17) is 11.6 Å². The Morgan fingerprint density at radius 1 is 1.25 bits per heavy atom. The Labute approximate surface area is 128 Å². The lowest BCUT2D eigenvalue weighted by Gasteiger charge is -2.10. The second-order valence-corrected chi connectivity index (χ2v) is 5.42. The number of rotatable bonds is 3. The van der Waals surface area contributed by atoms with Gasteiger partial charge in [-0.3, -0.25) is 4.79 Å². The molecule has 2 nitrogen and oxygen atoms in total. The summed E-state index contributed by atoms with van der Waals surface area (Å²) in [7, 11) is 0. The molecule has 0 fully saturated rings. The van der Waals surface area contributed by atoms with Crippen molar-refractivity contribution in [3.8, 4) is 6.07 Å². The third-order valence-electron chi connectivity index (χ3n) is 2.79. The van der Waals surface area contributed by atoms with E-state index in [1.165, 1.54) is 24.3 Å². The number of hydrogen-bond donors (Lipinski definition) is 0. The van der Waals surface area contributed by atoms with Crippen LogP contribution in [0.1, 0.15) is 21.8 Å². The second-order valence-electron chi connectivity index (χ2n) is 4.10. The summed E-state index contributed by atoms with van der Waals surface area (Å²) in [6, 6.07) is 12.0. The van der Waals surface area contributed by atoms with Crippen molar-refractivity contribution in [2.45, 2.75) is 5.92 Å². The third kappa shape index (κ3) is 3.06. The van der Waals surface area contributed by atoms with E-state index in [9.17, 15) is 14.4 Å². The summed E-state index contributed by atoms with van der Waals surface area (Å²) in [5.41, 5.74) is 0.712. The van der Waals surface area contributed by atoms with Crippen LogP contribution >= 0.6 is 27.5 Å². The zero-order valence-electron chi connectivity index (χ0n) is 10.1. The van der Waals surface area contributed by atoms with Gasteiger partial charge in [-0.2, -0.15) is 5.26 Å². The van der Waals surface area contributed by atoms with Crippen molar-refractivity contribution < 1.29 is 9.18 Å². The molecule has 0 spiro atoms. The van der Waals surface area contributed by atoms with Gasteiger partial charge in [0.15, 0.2) is 5.78 Å². The van der Waals surface area contributed by atoms with E-state index >= 15 is 0 Å². The van der Waals surface area contributed by atoms with Gasteiger partial charge >= 0.3 is 0 Å². The number of nitriles is 1. The van der Waals surface area contributed by atoms with E-state index in [0.29, 0.717) is 5.56 Å². The number of nitrogens with zero attached hydrogens (tertiary/aromatic N) is 1. The number of Topliss-reactive ketones (excluding diaryl/α,β-unsaturated/α-hetero) is 1. The Kier molecular flexibility index (Phi) is 4.53. The van der Waals surface area contributed by atoms with Crippen LogP contribution in [0.25, 0.3) is 0 Å². The van der Waals surface area contributed by atoms with Crippen LogP contribution in [-0.2, 0) is 0 Å². The zero-order valence-corrected chi connectivity index (χ0v) is 12.5. The first-order chi connectivity index (χ1) is 9.52. The predicted molar refractivity (Wildman–Crippen MR) is 78.2 cm³/mol. The average Bonchev–Trinajstić information content (AvgIpc) is 2.41. The molecule has 2 aromatic rings. The van der Waals surface area contributed by atoms with Crippen molar-refractivity contribution in [2.24, 2.45) is 0 Å². The molecule has 0 aliphatic rings. The van der Waals surface area contributed by atoms with Crippen molar-refractivity contribution in [3.63, 3.8) is 0 Å². The molecule has 0 bridgehead atoms. The first kappa shape index (κ1) is 14.7. The normalized spacial score (nSPS) is 11.7. The monoisotopic (exact) mass is 351 g/mol. The molecule has 0 saturated carbocycles. The Bertz CT molecular complexity index is 694. The molecule has 20 heavy (non-hydrogen) atoms. The first-order valence-corrected chi connectivity index (χ1v) is 6.84. The minimum atomic E-state index is -1.01. The minimum Gasteiger partial charge on any atom is -0.292 e. The lowest BCUT2D eigenvalue weighted by molar-refractivity contribution is 0.0979. The maximum Gasteiger partial charge on any atom is 0.185 e. The molecule has 0 aliphatic heterocycles. The molecule has 0 aliphatic carbocycles. The summed E-state index contributed by atoms with van der Waals surface area (Å²) in [4.78, 5) is 12.4.